The summed E-state index contributed by atoms with van der Waals surface area (Å²) in [7, 11) is -1.16. The van der Waals surface area contributed by atoms with Gasteiger partial charge in [-0.15, -0.1) is 0 Å². The Hall–Kier alpha value is -1.60. The lowest BCUT2D eigenvalue weighted by Gasteiger charge is -2.23. The van der Waals surface area contributed by atoms with Gasteiger partial charge in [-0.05, 0) is 18.6 Å². The number of likely N-dealkylation sites (N-methyl/N-ethyl adjacent to an activating group) is 1. The van der Waals surface area contributed by atoms with Crippen LogP contribution in [0.4, 0.5) is 0 Å². The highest BCUT2D eigenvalue weighted by Gasteiger charge is 2.31. The van der Waals surface area contributed by atoms with Crippen molar-refractivity contribution in [2.75, 3.05) is 14.2 Å². The number of carboxylic acids is 1. The molecule has 0 saturated heterocycles. The van der Waals surface area contributed by atoms with Gasteiger partial charge in [0.1, 0.15) is 11.8 Å². The SMILES string of the molecule is CCC(C(=O)O)N(C)S(=O)(=O)c1cccc(OC)c1. The molecule has 0 aliphatic heterocycles. The van der Waals surface area contributed by atoms with Gasteiger partial charge in [-0.1, -0.05) is 13.0 Å². The van der Waals surface area contributed by atoms with Crippen molar-refractivity contribution < 1.29 is 23.1 Å². The summed E-state index contributed by atoms with van der Waals surface area (Å²) in [6.07, 6.45) is 0.190. The summed E-state index contributed by atoms with van der Waals surface area (Å²) in [6, 6.07) is 4.84. The number of carbonyl (C=O) groups is 1. The van der Waals surface area contributed by atoms with Gasteiger partial charge in [0.15, 0.2) is 0 Å². The minimum atomic E-state index is -3.86. The first-order valence-electron chi connectivity index (χ1n) is 5.69. The maximum absolute atomic E-state index is 12.3. The van der Waals surface area contributed by atoms with Gasteiger partial charge < -0.3 is 9.84 Å². The molecule has 0 aliphatic carbocycles. The van der Waals surface area contributed by atoms with Crippen LogP contribution in [0.2, 0.25) is 0 Å². The number of rotatable bonds is 6. The summed E-state index contributed by atoms with van der Waals surface area (Å²) < 4.78 is 30.5. The first kappa shape index (κ1) is 15.5. The molecular formula is C12H17NO5S. The Labute approximate surface area is 112 Å². The number of methoxy groups -OCH3 is 1. The van der Waals surface area contributed by atoms with Gasteiger partial charge in [0.05, 0.1) is 12.0 Å². The zero-order valence-corrected chi connectivity index (χ0v) is 11.8. The number of sulfonamides is 1. The van der Waals surface area contributed by atoms with Crippen LogP contribution in [0, 0.1) is 0 Å². The van der Waals surface area contributed by atoms with Crippen LogP contribution in [0.15, 0.2) is 29.2 Å². The lowest BCUT2D eigenvalue weighted by molar-refractivity contribution is -0.141. The van der Waals surface area contributed by atoms with Gasteiger partial charge in [0.2, 0.25) is 10.0 Å². The summed E-state index contributed by atoms with van der Waals surface area (Å²) in [5, 5.41) is 9.02. The van der Waals surface area contributed by atoms with E-state index < -0.39 is 22.0 Å². The molecule has 19 heavy (non-hydrogen) atoms. The lowest BCUT2D eigenvalue weighted by atomic mass is 10.2. The molecule has 0 heterocycles. The van der Waals surface area contributed by atoms with Crippen LogP contribution >= 0.6 is 0 Å². The third-order valence-electron chi connectivity index (χ3n) is 2.83. The van der Waals surface area contributed by atoms with Crippen molar-refractivity contribution in [2.24, 2.45) is 0 Å². The highest BCUT2D eigenvalue weighted by atomic mass is 32.2. The second kappa shape index (κ2) is 6.03. The average Bonchev–Trinajstić information content (AvgIpc) is 2.39. The molecule has 0 aromatic heterocycles. The van der Waals surface area contributed by atoms with Gasteiger partial charge in [-0.3, -0.25) is 4.79 Å². The highest BCUT2D eigenvalue weighted by Crippen LogP contribution is 2.22. The smallest absolute Gasteiger partial charge is 0.321 e. The molecule has 1 unspecified atom stereocenters. The second-order valence-electron chi connectivity index (χ2n) is 3.96. The number of benzene rings is 1. The number of nitrogens with zero attached hydrogens (tertiary/aromatic N) is 1. The minimum absolute atomic E-state index is 0.00838. The largest absolute Gasteiger partial charge is 0.497 e. The van der Waals surface area contributed by atoms with Crippen LogP contribution in [0.5, 0.6) is 5.75 Å². The average molecular weight is 287 g/mol. The van der Waals surface area contributed by atoms with Crippen LogP contribution in [-0.2, 0) is 14.8 Å². The summed E-state index contributed by atoms with van der Waals surface area (Å²) in [5.41, 5.74) is 0. The van der Waals surface area contributed by atoms with Gasteiger partial charge in [0.25, 0.3) is 0 Å². The van der Waals surface area contributed by atoms with Gasteiger partial charge >= 0.3 is 5.97 Å². The number of hydrogen-bond acceptors (Lipinski definition) is 4. The van der Waals surface area contributed by atoms with Crippen molar-refractivity contribution in [1.29, 1.82) is 0 Å². The Morgan fingerprint density at radius 1 is 1.47 bits per heavy atom. The molecule has 0 aliphatic rings. The summed E-state index contributed by atoms with van der Waals surface area (Å²) >= 11 is 0. The Kier molecular flexibility index (Phi) is 4.90. The second-order valence-corrected chi connectivity index (χ2v) is 5.96. The van der Waals surface area contributed by atoms with Crippen molar-refractivity contribution in [2.45, 2.75) is 24.3 Å². The number of ether oxygens (including phenoxy) is 1. The van der Waals surface area contributed by atoms with Gasteiger partial charge in [0, 0.05) is 13.1 Å². The number of carboxylic acid groups (broad SMARTS) is 1. The molecule has 0 bridgehead atoms. The third kappa shape index (κ3) is 3.24. The topological polar surface area (TPSA) is 83.9 Å². The van der Waals surface area contributed by atoms with E-state index in [-0.39, 0.29) is 11.3 Å². The molecule has 1 atom stereocenters. The van der Waals surface area contributed by atoms with Crippen molar-refractivity contribution in [3.63, 3.8) is 0 Å². The molecular weight excluding hydrogens is 270 g/mol. The van der Waals surface area contributed by atoms with Crippen molar-refractivity contribution >= 4 is 16.0 Å². The zero-order valence-electron chi connectivity index (χ0n) is 11.0. The Balaban J connectivity index is 3.18. The van der Waals surface area contributed by atoms with E-state index in [4.69, 9.17) is 9.84 Å². The Morgan fingerprint density at radius 3 is 2.58 bits per heavy atom. The molecule has 1 aromatic carbocycles. The predicted molar refractivity (Wildman–Crippen MR) is 69.7 cm³/mol. The van der Waals surface area contributed by atoms with E-state index in [1.54, 1.807) is 19.1 Å². The van der Waals surface area contributed by atoms with E-state index in [0.717, 1.165) is 4.31 Å². The zero-order chi connectivity index (χ0) is 14.6. The van der Waals surface area contributed by atoms with Crippen LogP contribution in [-0.4, -0.2) is 44.0 Å². The standard InChI is InChI=1S/C12H17NO5S/c1-4-11(12(14)15)13(2)19(16,17)10-7-5-6-9(8-10)18-3/h5-8,11H,4H2,1-3H3,(H,14,15). The number of aliphatic carboxylic acids is 1. The Morgan fingerprint density at radius 2 is 2.11 bits per heavy atom. The molecule has 1 rings (SSSR count). The summed E-state index contributed by atoms with van der Waals surface area (Å²) in [6.45, 7) is 1.62. The van der Waals surface area contributed by atoms with Crippen LogP contribution in [0.3, 0.4) is 0 Å². The monoisotopic (exact) mass is 287 g/mol. The summed E-state index contributed by atoms with van der Waals surface area (Å²) in [4.78, 5) is 11.1. The maximum Gasteiger partial charge on any atom is 0.321 e. The lowest BCUT2D eigenvalue weighted by Crippen LogP contribution is -2.41. The first-order chi connectivity index (χ1) is 8.84. The molecule has 7 heteroatoms. The molecule has 1 N–H and O–H groups in total. The van der Waals surface area contributed by atoms with Gasteiger partial charge in [-0.2, -0.15) is 4.31 Å². The number of hydrogen-bond donors (Lipinski definition) is 1. The van der Waals surface area contributed by atoms with Crippen LogP contribution in [0.1, 0.15) is 13.3 Å². The Bertz CT molecular complexity index is 555. The third-order valence-corrected chi connectivity index (χ3v) is 4.69. The van der Waals surface area contributed by atoms with Crippen LogP contribution < -0.4 is 4.74 Å². The van der Waals surface area contributed by atoms with E-state index >= 15 is 0 Å². The first-order valence-corrected chi connectivity index (χ1v) is 7.13. The highest BCUT2D eigenvalue weighted by molar-refractivity contribution is 7.89. The molecule has 0 radical (unpaired) electrons. The van der Waals surface area contributed by atoms with Crippen molar-refractivity contribution in [3.05, 3.63) is 24.3 Å². The quantitative estimate of drug-likeness (QED) is 0.849. The molecule has 0 amide bonds. The van der Waals surface area contributed by atoms with E-state index in [0.29, 0.717) is 5.75 Å². The minimum Gasteiger partial charge on any atom is -0.497 e. The molecule has 0 saturated carbocycles. The molecule has 0 spiro atoms. The van der Waals surface area contributed by atoms with E-state index in [9.17, 15) is 13.2 Å². The summed E-state index contributed by atoms with van der Waals surface area (Å²) in [5.74, 6) is -0.769. The van der Waals surface area contributed by atoms with Crippen molar-refractivity contribution in [1.82, 2.24) is 4.31 Å². The van der Waals surface area contributed by atoms with E-state index in [2.05, 4.69) is 0 Å². The predicted octanol–water partition coefficient (Wildman–Crippen LogP) is 1.18. The molecule has 1 aromatic rings. The van der Waals surface area contributed by atoms with E-state index in [1.807, 2.05) is 0 Å². The van der Waals surface area contributed by atoms with Crippen LogP contribution in [0.25, 0.3) is 0 Å². The molecule has 6 nitrogen and oxygen atoms in total. The fraction of sp³-hybridized carbons (Fsp3) is 0.417. The molecule has 106 valence electrons. The van der Waals surface area contributed by atoms with Gasteiger partial charge in [-0.25, -0.2) is 8.42 Å². The fourth-order valence-electron chi connectivity index (χ4n) is 1.68. The van der Waals surface area contributed by atoms with E-state index in [1.165, 1.54) is 26.3 Å². The normalized spacial score (nSPS) is 13.3. The maximum atomic E-state index is 12.3. The molecule has 0 fully saturated rings. The fourth-order valence-corrected chi connectivity index (χ4v) is 3.11. The van der Waals surface area contributed by atoms with Crippen molar-refractivity contribution in [3.8, 4) is 5.75 Å².